The standard InChI is InChI=1S/C18H20N2O5/c21-18(13-3-4-16-17(10-13)25-12-24-16)19-11-14(15-2-1-7-23-15)20-5-8-22-9-6-20/h1-4,7,10,14H,5-6,8-9,11-12H2,(H,19,21). The Morgan fingerprint density at radius 2 is 2.00 bits per heavy atom. The maximum Gasteiger partial charge on any atom is 0.251 e. The van der Waals surface area contributed by atoms with Gasteiger partial charge in [0.2, 0.25) is 6.79 Å². The Morgan fingerprint density at radius 3 is 2.80 bits per heavy atom. The summed E-state index contributed by atoms with van der Waals surface area (Å²) in [6.07, 6.45) is 1.66. The lowest BCUT2D eigenvalue weighted by Gasteiger charge is -2.33. The number of morpholine rings is 1. The van der Waals surface area contributed by atoms with Crippen molar-refractivity contribution in [1.82, 2.24) is 10.2 Å². The third-order valence-electron chi connectivity index (χ3n) is 4.45. The van der Waals surface area contributed by atoms with Crippen molar-refractivity contribution < 1.29 is 23.4 Å². The van der Waals surface area contributed by atoms with E-state index in [1.165, 1.54) is 0 Å². The zero-order valence-corrected chi connectivity index (χ0v) is 13.8. The van der Waals surface area contributed by atoms with Crippen molar-refractivity contribution in [3.8, 4) is 11.5 Å². The van der Waals surface area contributed by atoms with Gasteiger partial charge in [-0.1, -0.05) is 0 Å². The van der Waals surface area contributed by atoms with Gasteiger partial charge in [0.15, 0.2) is 11.5 Å². The monoisotopic (exact) mass is 344 g/mol. The van der Waals surface area contributed by atoms with Crippen molar-refractivity contribution in [2.24, 2.45) is 0 Å². The highest BCUT2D eigenvalue weighted by molar-refractivity contribution is 5.94. The van der Waals surface area contributed by atoms with E-state index in [2.05, 4.69) is 10.2 Å². The van der Waals surface area contributed by atoms with Gasteiger partial charge in [0.25, 0.3) is 5.91 Å². The minimum atomic E-state index is -0.150. The van der Waals surface area contributed by atoms with Crippen LogP contribution in [0.4, 0.5) is 0 Å². The molecule has 132 valence electrons. The van der Waals surface area contributed by atoms with Crippen LogP contribution < -0.4 is 14.8 Å². The first-order chi connectivity index (χ1) is 12.3. The second-order valence-corrected chi connectivity index (χ2v) is 5.96. The second kappa shape index (κ2) is 7.16. The number of rotatable bonds is 5. The zero-order valence-electron chi connectivity index (χ0n) is 13.8. The highest BCUT2D eigenvalue weighted by Gasteiger charge is 2.25. The third-order valence-corrected chi connectivity index (χ3v) is 4.45. The van der Waals surface area contributed by atoms with E-state index in [-0.39, 0.29) is 18.7 Å². The predicted octanol–water partition coefficient (Wildman–Crippen LogP) is 1.81. The molecule has 0 aliphatic carbocycles. The molecule has 25 heavy (non-hydrogen) atoms. The molecule has 0 spiro atoms. The average molecular weight is 344 g/mol. The second-order valence-electron chi connectivity index (χ2n) is 5.96. The fourth-order valence-corrected chi connectivity index (χ4v) is 3.11. The van der Waals surface area contributed by atoms with Crippen molar-refractivity contribution in [3.05, 3.63) is 47.9 Å². The maximum atomic E-state index is 12.5. The molecule has 7 nitrogen and oxygen atoms in total. The van der Waals surface area contributed by atoms with Crippen LogP contribution in [-0.4, -0.2) is 50.4 Å². The number of carbonyl (C=O) groups excluding carboxylic acids is 1. The fraction of sp³-hybridized carbons (Fsp3) is 0.389. The summed E-state index contributed by atoms with van der Waals surface area (Å²) in [4.78, 5) is 14.8. The Hall–Kier alpha value is -2.51. The van der Waals surface area contributed by atoms with Crippen LogP contribution in [0, 0.1) is 0 Å². The summed E-state index contributed by atoms with van der Waals surface area (Å²) < 4.78 is 21.6. The Kier molecular flexibility index (Phi) is 4.58. The quantitative estimate of drug-likeness (QED) is 0.892. The molecular formula is C18H20N2O5. The fourth-order valence-electron chi connectivity index (χ4n) is 3.11. The average Bonchev–Trinajstić information content (AvgIpc) is 3.34. The van der Waals surface area contributed by atoms with Gasteiger partial charge in [-0.15, -0.1) is 0 Å². The SMILES string of the molecule is O=C(NCC(c1ccco1)N1CCOCC1)c1ccc2c(c1)OCO2. The molecule has 2 aromatic rings. The maximum absolute atomic E-state index is 12.5. The summed E-state index contributed by atoms with van der Waals surface area (Å²) in [5.41, 5.74) is 0.546. The molecule has 2 aliphatic rings. The molecule has 1 aromatic heterocycles. The number of nitrogens with zero attached hydrogens (tertiary/aromatic N) is 1. The van der Waals surface area contributed by atoms with Crippen LogP contribution in [0.5, 0.6) is 11.5 Å². The van der Waals surface area contributed by atoms with E-state index >= 15 is 0 Å². The number of hydrogen-bond donors (Lipinski definition) is 1. The van der Waals surface area contributed by atoms with Gasteiger partial charge < -0.3 is 23.9 Å². The number of fused-ring (bicyclic) bond motifs is 1. The van der Waals surface area contributed by atoms with Gasteiger partial charge in [-0.25, -0.2) is 0 Å². The van der Waals surface area contributed by atoms with Crippen molar-refractivity contribution in [2.75, 3.05) is 39.6 Å². The van der Waals surface area contributed by atoms with Crippen molar-refractivity contribution >= 4 is 5.91 Å². The van der Waals surface area contributed by atoms with Gasteiger partial charge in [0.1, 0.15) is 5.76 Å². The number of ether oxygens (including phenoxy) is 3. The van der Waals surface area contributed by atoms with Crippen LogP contribution in [0.25, 0.3) is 0 Å². The number of hydrogen-bond acceptors (Lipinski definition) is 6. The number of amides is 1. The first-order valence-electron chi connectivity index (χ1n) is 8.34. The van der Waals surface area contributed by atoms with Gasteiger partial charge in [-0.2, -0.15) is 0 Å². The third kappa shape index (κ3) is 3.47. The summed E-state index contributed by atoms with van der Waals surface area (Å²) in [5.74, 6) is 1.96. The lowest BCUT2D eigenvalue weighted by atomic mass is 10.1. The Balaban J connectivity index is 1.44. The molecule has 1 amide bonds. The lowest BCUT2D eigenvalue weighted by Crippen LogP contribution is -2.43. The first kappa shape index (κ1) is 16.0. The van der Waals surface area contributed by atoms with E-state index in [0.29, 0.717) is 36.8 Å². The highest BCUT2D eigenvalue weighted by Crippen LogP contribution is 2.32. The first-order valence-corrected chi connectivity index (χ1v) is 8.34. The molecule has 4 rings (SSSR count). The summed E-state index contributed by atoms with van der Waals surface area (Å²) in [6.45, 7) is 3.65. The topological polar surface area (TPSA) is 73.2 Å². The zero-order chi connectivity index (χ0) is 17.1. The summed E-state index contributed by atoms with van der Waals surface area (Å²) >= 11 is 0. The van der Waals surface area contributed by atoms with E-state index in [1.807, 2.05) is 12.1 Å². The van der Waals surface area contributed by atoms with Crippen molar-refractivity contribution in [3.63, 3.8) is 0 Å². The van der Waals surface area contributed by atoms with E-state index in [1.54, 1.807) is 24.5 Å². The van der Waals surface area contributed by atoms with E-state index in [4.69, 9.17) is 18.6 Å². The number of carbonyl (C=O) groups is 1. The number of furan rings is 1. The number of nitrogens with one attached hydrogen (secondary N) is 1. The van der Waals surface area contributed by atoms with Gasteiger partial charge in [-0.05, 0) is 30.3 Å². The van der Waals surface area contributed by atoms with E-state index in [0.717, 1.165) is 18.8 Å². The smallest absolute Gasteiger partial charge is 0.251 e. The largest absolute Gasteiger partial charge is 0.468 e. The molecule has 1 saturated heterocycles. The molecular weight excluding hydrogens is 324 g/mol. The summed E-state index contributed by atoms with van der Waals surface area (Å²) in [6, 6.07) is 8.98. The highest BCUT2D eigenvalue weighted by atomic mass is 16.7. The van der Waals surface area contributed by atoms with Crippen molar-refractivity contribution in [2.45, 2.75) is 6.04 Å². The Morgan fingerprint density at radius 1 is 1.16 bits per heavy atom. The molecule has 2 aliphatic heterocycles. The summed E-state index contributed by atoms with van der Waals surface area (Å²) in [7, 11) is 0. The molecule has 1 aromatic carbocycles. The minimum Gasteiger partial charge on any atom is -0.468 e. The van der Waals surface area contributed by atoms with Crippen LogP contribution in [0.3, 0.4) is 0 Å². The molecule has 1 fully saturated rings. The van der Waals surface area contributed by atoms with Gasteiger partial charge in [0, 0.05) is 25.2 Å². The molecule has 0 radical (unpaired) electrons. The molecule has 3 heterocycles. The minimum absolute atomic E-state index is 0.0168. The van der Waals surface area contributed by atoms with Crippen molar-refractivity contribution in [1.29, 1.82) is 0 Å². The molecule has 1 N–H and O–H groups in total. The van der Waals surface area contributed by atoms with E-state index in [9.17, 15) is 4.79 Å². The van der Waals surface area contributed by atoms with Crippen LogP contribution >= 0.6 is 0 Å². The predicted molar refractivity (Wildman–Crippen MR) is 88.7 cm³/mol. The lowest BCUT2D eigenvalue weighted by molar-refractivity contribution is 0.0118. The van der Waals surface area contributed by atoms with Crippen LogP contribution in [0.1, 0.15) is 22.2 Å². The molecule has 0 saturated carbocycles. The van der Waals surface area contributed by atoms with Crippen LogP contribution in [0.15, 0.2) is 41.0 Å². The van der Waals surface area contributed by atoms with Gasteiger partial charge in [0.05, 0.1) is 25.5 Å². The summed E-state index contributed by atoms with van der Waals surface area (Å²) in [5, 5.41) is 3.00. The number of benzene rings is 1. The van der Waals surface area contributed by atoms with E-state index < -0.39 is 0 Å². The molecule has 0 bridgehead atoms. The molecule has 7 heteroatoms. The van der Waals surface area contributed by atoms with Gasteiger partial charge in [-0.3, -0.25) is 9.69 Å². The molecule has 1 unspecified atom stereocenters. The van der Waals surface area contributed by atoms with Gasteiger partial charge >= 0.3 is 0 Å². The van der Waals surface area contributed by atoms with Crippen LogP contribution in [0.2, 0.25) is 0 Å². The molecule has 1 atom stereocenters. The van der Waals surface area contributed by atoms with Crippen LogP contribution in [-0.2, 0) is 4.74 Å². The normalized spacial score (nSPS) is 18.1. The Bertz CT molecular complexity index is 725. The Labute approximate surface area is 145 Å².